The molecule has 2 N–H and O–H groups in total. The highest BCUT2D eigenvalue weighted by atomic mass is 16.6. The van der Waals surface area contributed by atoms with E-state index < -0.39 is 28.3 Å². The second-order valence-corrected chi connectivity index (χ2v) is 4.17. The second-order valence-electron chi connectivity index (χ2n) is 4.17. The zero-order valence-electron chi connectivity index (χ0n) is 7.62. The predicted octanol–water partition coefficient (Wildman–Crippen LogP) is -0.173. The van der Waals surface area contributed by atoms with Crippen molar-refractivity contribution < 1.29 is 24.7 Å². The molecule has 0 bridgehead atoms. The molecule has 0 saturated heterocycles. The Balaban J connectivity index is 2.44. The van der Waals surface area contributed by atoms with Gasteiger partial charge in [0.05, 0.1) is 0 Å². The molecule has 2 aliphatic rings. The highest BCUT2D eigenvalue weighted by molar-refractivity contribution is 5.87. The molecule has 0 aromatic rings. The molecule has 0 amide bonds. The smallest absolute Gasteiger partial charge is 0.383 e. The fourth-order valence-electron chi connectivity index (χ4n) is 2.67. The van der Waals surface area contributed by atoms with Gasteiger partial charge in [-0.05, 0) is 18.3 Å². The van der Waals surface area contributed by atoms with Gasteiger partial charge in [0.15, 0.2) is 0 Å². The summed E-state index contributed by atoms with van der Waals surface area (Å²) < 4.78 is 0. The summed E-state index contributed by atoms with van der Waals surface area (Å²) in [4.78, 5) is 31.7. The third-order valence-electron chi connectivity index (χ3n) is 3.46. The topological polar surface area (TPSA) is 118 Å². The molecule has 7 nitrogen and oxygen atoms in total. The summed E-state index contributed by atoms with van der Waals surface area (Å²) in [6.45, 7) is 0. The summed E-state index contributed by atoms with van der Waals surface area (Å²) in [6.07, 6.45) is 0.441. The number of carboxylic acid groups (broad SMARTS) is 2. The van der Waals surface area contributed by atoms with Gasteiger partial charge in [0.2, 0.25) is 0 Å². The van der Waals surface area contributed by atoms with Gasteiger partial charge >= 0.3 is 17.5 Å². The van der Waals surface area contributed by atoms with Crippen LogP contribution in [0.4, 0.5) is 0 Å². The van der Waals surface area contributed by atoms with Crippen LogP contribution in [0.25, 0.3) is 0 Å². The van der Waals surface area contributed by atoms with Crippen molar-refractivity contribution in [1.82, 2.24) is 0 Å². The first kappa shape index (κ1) is 9.88. The molecular weight excluding hydrogens is 206 g/mol. The molecular formula is C8H9NO6. The summed E-state index contributed by atoms with van der Waals surface area (Å²) in [7, 11) is 0. The van der Waals surface area contributed by atoms with Gasteiger partial charge in [0, 0.05) is 11.3 Å². The number of fused-ring (bicyclic) bond motifs is 1. The lowest BCUT2D eigenvalue weighted by Crippen LogP contribution is -2.53. The largest absolute Gasteiger partial charge is 0.481 e. The zero-order valence-corrected chi connectivity index (χ0v) is 7.62. The average Bonchev–Trinajstić information content (AvgIpc) is 2.75. The molecule has 2 saturated carbocycles. The van der Waals surface area contributed by atoms with Crippen molar-refractivity contribution in [2.24, 2.45) is 17.8 Å². The van der Waals surface area contributed by atoms with Crippen LogP contribution in [0.1, 0.15) is 12.8 Å². The monoisotopic (exact) mass is 215 g/mol. The Morgan fingerprint density at radius 2 is 2.00 bits per heavy atom. The predicted molar refractivity (Wildman–Crippen MR) is 44.7 cm³/mol. The van der Waals surface area contributed by atoms with Gasteiger partial charge in [-0.15, -0.1) is 0 Å². The molecule has 15 heavy (non-hydrogen) atoms. The van der Waals surface area contributed by atoms with E-state index in [4.69, 9.17) is 10.2 Å². The van der Waals surface area contributed by atoms with Crippen molar-refractivity contribution in [3.8, 4) is 0 Å². The van der Waals surface area contributed by atoms with Crippen LogP contribution in [-0.4, -0.2) is 32.6 Å². The van der Waals surface area contributed by atoms with E-state index in [2.05, 4.69) is 0 Å². The van der Waals surface area contributed by atoms with Gasteiger partial charge in [0.1, 0.15) is 5.92 Å². The van der Waals surface area contributed by atoms with E-state index >= 15 is 0 Å². The molecule has 0 radical (unpaired) electrons. The molecule has 0 spiro atoms. The molecule has 0 aliphatic heterocycles. The van der Waals surface area contributed by atoms with Crippen molar-refractivity contribution in [3.63, 3.8) is 0 Å². The third kappa shape index (κ3) is 1.06. The highest BCUT2D eigenvalue weighted by Gasteiger charge is 2.75. The molecule has 2 rings (SSSR count). The normalized spacial score (nSPS) is 42.0. The van der Waals surface area contributed by atoms with E-state index in [0.717, 1.165) is 0 Å². The minimum atomic E-state index is -2.31. The van der Waals surface area contributed by atoms with Crippen LogP contribution in [0, 0.1) is 27.9 Å². The van der Waals surface area contributed by atoms with Gasteiger partial charge in [-0.2, -0.15) is 0 Å². The summed E-state index contributed by atoms with van der Waals surface area (Å²) in [5, 5.41) is 28.6. The van der Waals surface area contributed by atoms with Crippen LogP contribution >= 0.6 is 0 Å². The highest BCUT2D eigenvalue weighted by Crippen LogP contribution is 2.60. The number of carbonyl (C=O) groups is 2. The maximum Gasteiger partial charge on any atom is 0.383 e. The Kier molecular flexibility index (Phi) is 1.76. The number of nitrogens with zero attached hydrogens (tertiary/aromatic N) is 1. The molecule has 0 aromatic carbocycles. The van der Waals surface area contributed by atoms with E-state index in [1.54, 1.807) is 0 Å². The lowest BCUT2D eigenvalue weighted by atomic mass is 9.83. The van der Waals surface area contributed by atoms with Crippen LogP contribution < -0.4 is 0 Å². The number of aliphatic carboxylic acids is 2. The van der Waals surface area contributed by atoms with Gasteiger partial charge in [-0.3, -0.25) is 14.9 Å². The van der Waals surface area contributed by atoms with Crippen LogP contribution in [0.15, 0.2) is 0 Å². The van der Waals surface area contributed by atoms with Crippen molar-refractivity contribution in [3.05, 3.63) is 10.1 Å². The standard InChI is InChI=1S/C8H9NO6/c10-6(11)5-4-1-3(4)2-8(5,7(12)13)9(14)15/h3-5H,1-2H2,(H,10,11)(H,12,13)/t3-,4+,5-,8?/m1/s1. The molecule has 82 valence electrons. The maximum atomic E-state index is 10.9. The minimum absolute atomic E-state index is 0.104. The van der Waals surface area contributed by atoms with Gasteiger partial charge in [-0.1, -0.05) is 0 Å². The Morgan fingerprint density at radius 3 is 2.33 bits per heavy atom. The van der Waals surface area contributed by atoms with Crippen molar-refractivity contribution >= 4 is 11.9 Å². The number of rotatable bonds is 3. The first-order valence-electron chi connectivity index (χ1n) is 4.52. The number of hydrogen-bond acceptors (Lipinski definition) is 4. The molecule has 0 heterocycles. The maximum absolute atomic E-state index is 10.9. The summed E-state index contributed by atoms with van der Waals surface area (Å²) in [6, 6.07) is 0. The van der Waals surface area contributed by atoms with Gasteiger partial charge in [-0.25, -0.2) is 4.79 Å². The van der Waals surface area contributed by atoms with E-state index in [-0.39, 0.29) is 18.3 Å². The summed E-state index contributed by atoms with van der Waals surface area (Å²) in [5.74, 6) is -4.82. The first-order chi connectivity index (χ1) is 6.91. The third-order valence-corrected chi connectivity index (χ3v) is 3.46. The van der Waals surface area contributed by atoms with Crippen LogP contribution in [0.2, 0.25) is 0 Å². The number of nitro groups is 1. The lowest BCUT2D eigenvalue weighted by molar-refractivity contribution is -0.561. The fourth-order valence-corrected chi connectivity index (χ4v) is 2.67. The van der Waals surface area contributed by atoms with Crippen LogP contribution in [0.5, 0.6) is 0 Å². The SMILES string of the molecule is O=C(O)[C@H]1[C@H]2C[C@@H]2CC1(C(=O)O)[N+](=O)[O-]. The van der Waals surface area contributed by atoms with Crippen molar-refractivity contribution in [1.29, 1.82) is 0 Å². The summed E-state index contributed by atoms with van der Waals surface area (Å²) >= 11 is 0. The van der Waals surface area contributed by atoms with E-state index in [1.165, 1.54) is 0 Å². The van der Waals surface area contributed by atoms with Crippen molar-refractivity contribution in [2.75, 3.05) is 0 Å². The zero-order chi connectivity index (χ0) is 11.4. The van der Waals surface area contributed by atoms with Gasteiger partial charge < -0.3 is 10.2 Å². The van der Waals surface area contributed by atoms with Crippen molar-refractivity contribution in [2.45, 2.75) is 18.4 Å². The van der Waals surface area contributed by atoms with Gasteiger partial charge in [0.25, 0.3) is 0 Å². The quantitative estimate of drug-likeness (QED) is 0.498. The number of carboxylic acids is 2. The Hall–Kier alpha value is -1.66. The lowest BCUT2D eigenvalue weighted by Gasteiger charge is -2.22. The van der Waals surface area contributed by atoms with E-state index in [1.807, 2.05) is 0 Å². The minimum Gasteiger partial charge on any atom is -0.481 e. The average molecular weight is 215 g/mol. The number of hydrogen-bond donors (Lipinski definition) is 2. The second kappa shape index (κ2) is 2.68. The molecule has 7 heteroatoms. The van der Waals surface area contributed by atoms with Crippen LogP contribution in [-0.2, 0) is 9.59 Å². The first-order valence-corrected chi connectivity index (χ1v) is 4.52. The Labute approximate surface area is 83.8 Å². The Morgan fingerprint density at radius 1 is 1.40 bits per heavy atom. The molecule has 4 atom stereocenters. The fraction of sp³-hybridized carbons (Fsp3) is 0.750. The molecule has 0 aromatic heterocycles. The molecule has 1 unspecified atom stereocenters. The summed E-state index contributed by atoms with van der Waals surface area (Å²) in [5.41, 5.74) is -2.31. The van der Waals surface area contributed by atoms with E-state index in [0.29, 0.717) is 6.42 Å². The Bertz CT molecular complexity index is 350. The van der Waals surface area contributed by atoms with E-state index in [9.17, 15) is 19.7 Å². The molecule has 2 aliphatic carbocycles. The van der Waals surface area contributed by atoms with Crippen LogP contribution in [0.3, 0.4) is 0 Å². The molecule has 2 fully saturated rings.